The Kier molecular flexibility index (Phi) is 4.90. The van der Waals surface area contributed by atoms with E-state index in [4.69, 9.17) is 0 Å². The Labute approximate surface area is 166 Å². The minimum Gasteiger partial charge on any atom is -0.325 e. The molecule has 0 radical (unpaired) electrons. The molecule has 0 bridgehead atoms. The van der Waals surface area contributed by atoms with Gasteiger partial charge in [0.05, 0.1) is 5.92 Å². The molecule has 4 heteroatoms. The number of nitrogens with one attached hydrogen (secondary N) is 1. The van der Waals surface area contributed by atoms with Crippen LogP contribution in [0.1, 0.15) is 32.3 Å². The lowest BCUT2D eigenvalue weighted by molar-refractivity contribution is -0.120. The second-order valence-electron chi connectivity index (χ2n) is 8.59. The van der Waals surface area contributed by atoms with Crippen molar-refractivity contribution >= 4 is 22.4 Å². The number of hydrogen-bond acceptors (Lipinski definition) is 3. The zero-order valence-corrected chi connectivity index (χ0v) is 16.7. The van der Waals surface area contributed by atoms with Crippen LogP contribution in [-0.2, 0) is 4.79 Å². The molecule has 1 fully saturated rings. The minimum absolute atomic E-state index is 0.0349. The molecule has 144 valence electrons. The zero-order chi connectivity index (χ0) is 19.7. The fraction of sp³-hybridized carbons (Fsp3) is 0.333. The third kappa shape index (κ3) is 3.65. The Morgan fingerprint density at radius 2 is 1.82 bits per heavy atom. The standard InChI is InChI=1S/C24H27N3O/c1-24(2,3)27-15-20(17-8-5-4-6-9-17)21(16-27)23(28)26-22-11-7-10-18-14-25-13-12-19(18)22/h4-14,20-21H,15-16H2,1-3H3,(H,26,28)/t20-,21-/m0/s1. The number of hydrogen-bond donors (Lipinski definition) is 1. The molecule has 2 atom stereocenters. The zero-order valence-electron chi connectivity index (χ0n) is 16.7. The number of carbonyl (C=O) groups excluding carboxylic acids is 1. The van der Waals surface area contributed by atoms with Crippen molar-refractivity contribution < 1.29 is 4.79 Å². The molecule has 1 amide bonds. The van der Waals surface area contributed by atoms with Crippen LogP contribution >= 0.6 is 0 Å². The van der Waals surface area contributed by atoms with E-state index in [-0.39, 0.29) is 23.3 Å². The lowest BCUT2D eigenvalue weighted by atomic mass is 9.88. The number of carbonyl (C=O) groups is 1. The molecular weight excluding hydrogens is 346 g/mol. The van der Waals surface area contributed by atoms with Crippen molar-refractivity contribution in [3.63, 3.8) is 0 Å². The van der Waals surface area contributed by atoms with Gasteiger partial charge >= 0.3 is 0 Å². The van der Waals surface area contributed by atoms with Gasteiger partial charge in [0.25, 0.3) is 0 Å². The summed E-state index contributed by atoms with van der Waals surface area (Å²) in [5.74, 6) is 0.195. The van der Waals surface area contributed by atoms with Gasteiger partial charge in [-0.25, -0.2) is 0 Å². The van der Waals surface area contributed by atoms with Crippen LogP contribution in [0, 0.1) is 5.92 Å². The Balaban J connectivity index is 1.64. The number of rotatable bonds is 3. The molecule has 0 saturated carbocycles. The molecule has 4 nitrogen and oxygen atoms in total. The number of anilines is 1. The van der Waals surface area contributed by atoms with Gasteiger partial charge in [-0.1, -0.05) is 42.5 Å². The molecule has 0 unspecified atom stereocenters. The van der Waals surface area contributed by atoms with Gasteiger partial charge in [0.1, 0.15) is 0 Å². The highest BCUT2D eigenvalue weighted by Gasteiger charge is 2.42. The van der Waals surface area contributed by atoms with Crippen LogP contribution in [0.4, 0.5) is 5.69 Å². The molecule has 1 N–H and O–H groups in total. The van der Waals surface area contributed by atoms with E-state index in [1.165, 1.54) is 5.56 Å². The number of pyridine rings is 1. The molecule has 4 rings (SSSR count). The van der Waals surface area contributed by atoms with E-state index in [0.717, 1.165) is 29.5 Å². The average molecular weight is 374 g/mol. The summed E-state index contributed by atoms with van der Waals surface area (Å²) in [5, 5.41) is 5.26. The Bertz CT molecular complexity index is 973. The van der Waals surface area contributed by atoms with Crippen LogP contribution in [0.25, 0.3) is 10.8 Å². The lowest BCUT2D eigenvalue weighted by Crippen LogP contribution is -2.40. The Hall–Kier alpha value is -2.72. The van der Waals surface area contributed by atoms with Crippen LogP contribution in [0.3, 0.4) is 0 Å². The number of nitrogens with zero attached hydrogens (tertiary/aromatic N) is 2. The fourth-order valence-corrected chi connectivity index (χ4v) is 4.11. The average Bonchev–Trinajstić information content (AvgIpc) is 3.15. The summed E-state index contributed by atoms with van der Waals surface area (Å²) in [5.41, 5.74) is 2.12. The normalized spacial score (nSPS) is 20.4. The number of benzene rings is 2. The molecule has 28 heavy (non-hydrogen) atoms. The molecule has 1 saturated heterocycles. The van der Waals surface area contributed by atoms with Gasteiger partial charge in [-0.05, 0) is 38.5 Å². The molecule has 0 aliphatic carbocycles. The summed E-state index contributed by atoms with van der Waals surface area (Å²) in [7, 11) is 0. The highest BCUT2D eigenvalue weighted by molar-refractivity contribution is 6.03. The maximum absolute atomic E-state index is 13.4. The van der Waals surface area contributed by atoms with Gasteiger partial charge in [-0.2, -0.15) is 0 Å². The van der Waals surface area contributed by atoms with Gasteiger partial charge < -0.3 is 5.32 Å². The van der Waals surface area contributed by atoms with Crippen LogP contribution in [-0.4, -0.2) is 34.4 Å². The molecule has 3 aromatic rings. The van der Waals surface area contributed by atoms with E-state index in [0.29, 0.717) is 0 Å². The van der Waals surface area contributed by atoms with Gasteiger partial charge in [0.2, 0.25) is 5.91 Å². The summed E-state index contributed by atoms with van der Waals surface area (Å²) >= 11 is 0. The monoisotopic (exact) mass is 373 g/mol. The number of likely N-dealkylation sites (tertiary alicyclic amines) is 1. The second kappa shape index (κ2) is 7.36. The van der Waals surface area contributed by atoms with Crippen LogP contribution in [0.15, 0.2) is 67.0 Å². The molecule has 2 aromatic carbocycles. The molecule has 1 aliphatic rings. The highest BCUT2D eigenvalue weighted by Crippen LogP contribution is 2.37. The van der Waals surface area contributed by atoms with Crippen LogP contribution in [0.5, 0.6) is 0 Å². The van der Waals surface area contributed by atoms with Crippen molar-refractivity contribution in [2.24, 2.45) is 5.92 Å². The van der Waals surface area contributed by atoms with Crippen molar-refractivity contribution in [3.8, 4) is 0 Å². The summed E-state index contributed by atoms with van der Waals surface area (Å²) in [6.07, 6.45) is 3.59. The first-order valence-corrected chi connectivity index (χ1v) is 9.87. The Morgan fingerprint density at radius 1 is 1.04 bits per heavy atom. The SMILES string of the molecule is CC(C)(C)N1C[C@H](C(=O)Nc2cccc3cnccc23)[C@H](c2ccccc2)C1. The fourth-order valence-electron chi connectivity index (χ4n) is 4.11. The van der Waals surface area contributed by atoms with Crippen LogP contribution < -0.4 is 5.32 Å². The van der Waals surface area contributed by atoms with Crippen molar-refractivity contribution in [1.82, 2.24) is 9.88 Å². The van der Waals surface area contributed by atoms with Gasteiger partial charge in [0, 0.05) is 53.4 Å². The quantitative estimate of drug-likeness (QED) is 0.724. The third-order valence-electron chi connectivity index (χ3n) is 5.77. The second-order valence-corrected chi connectivity index (χ2v) is 8.59. The molecule has 2 heterocycles. The van der Waals surface area contributed by atoms with Crippen molar-refractivity contribution in [2.45, 2.75) is 32.2 Å². The van der Waals surface area contributed by atoms with Crippen LogP contribution in [0.2, 0.25) is 0 Å². The van der Waals surface area contributed by atoms with E-state index in [9.17, 15) is 4.79 Å². The Morgan fingerprint density at radius 3 is 2.57 bits per heavy atom. The summed E-state index contributed by atoms with van der Waals surface area (Å²) in [4.78, 5) is 20.0. The predicted molar refractivity (Wildman–Crippen MR) is 114 cm³/mol. The number of aromatic nitrogens is 1. The van der Waals surface area contributed by atoms with E-state index >= 15 is 0 Å². The minimum atomic E-state index is -0.0845. The first kappa shape index (κ1) is 18.6. The van der Waals surface area contributed by atoms with Gasteiger partial charge in [-0.3, -0.25) is 14.7 Å². The lowest BCUT2D eigenvalue weighted by Gasteiger charge is -2.31. The van der Waals surface area contributed by atoms with E-state index < -0.39 is 0 Å². The first-order valence-electron chi connectivity index (χ1n) is 9.87. The van der Waals surface area contributed by atoms with Crippen molar-refractivity contribution in [3.05, 3.63) is 72.6 Å². The molecule has 0 spiro atoms. The first-order chi connectivity index (χ1) is 13.4. The summed E-state index contributed by atoms with van der Waals surface area (Å²) < 4.78 is 0. The van der Waals surface area contributed by atoms with Crippen molar-refractivity contribution in [2.75, 3.05) is 18.4 Å². The summed E-state index contributed by atoms with van der Waals surface area (Å²) in [6, 6.07) is 18.3. The van der Waals surface area contributed by atoms with E-state index in [2.05, 4.69) is 60.2 Å². The highest BCUT2D eigenvalue weighted by atomic mass is 16.2. The molecule has 1 aliphatic heterocycles. The maximum Gasteiger partial charge on any atom is 0.229 e. The summed E-state index contributed by atoms with van der Waals surface area (Å²) in [6.45, 7) is 8.30. The third-order valence-corrected chi connectivity index (χ3v) is 5.77. The van der Waals surface area contributed by atoms with Gasteiger partial charge in [0.15, 0.2) is 0 Å². The molecular formula is C24H27N3O. The van der Waals surface area contributed by atoms with Crippen molar-refractivity contribution in [1.29, 1.82) is 0 Å². The largest absolute Gasteiger partial charge is 0.325 e. The molecule has 1 aromatic heterocycles. The maximum atomic E-state index is 13.4. The number of fused-ring (bicyclic) bond motifs is 1. The smallest absolute Gasteiger partial charge is 0.229 e. The van der Waals surface area contributed by atoms with E-state index in [1.54, 1.807) is 6.20 Å². The topological polar surface area (TPSA) is 45.2 Å². The van der Waals surface area contributed by atoms with Gasteiger partial charge in [-0.15, -0.1) is 0 Å². The number of amides is 1. The predicted octanol–water partition coefficient (Wildman–Crippen LogP) is 4.69. The van der Waals surface area contributed by atoms with E-state index in [1.807, 2.05) is 36.5 Å².